The molecule has 70 valence electrons. The molecule has 0 aliphatic heterocycles. The second-order valence-corrected chi connectivity index (χ2v) is 4.56. The highest BCUT2D eigenvalue weighted by Crippen LogP contribution is 2.38. The van der Waals surface area contributed by atoms with Crippen LogP contribution in [0.3, 0.4) is 0 Å². The van der Waals surface area contributed by atoms with Crippen LogP contribution in [0, 0.1) is 11.3 Å². The van der Waals surface area contributed by atoms with Crippen LogP contribution in [-0.4, -0.2) is 18.5 Å². The van der Waals surface area contributed by atoms with Crippen molar-refractivity contribution in [2.24, 2.45) is 11.3 Å². The van der Waals surface area contributed by atoms with E-state index in [1.165, 1.54) is 0 Å². The maximum atomic E-state index is 11.1. The molecule has 1 fully saturated rings. The molecular weight excluding hydrogens is 152 g/mol. The Balaban J connectivity index is 2.33. The Bertz CT molecular complexity index is 182. The van der Waals surface area contributed by atoms with Crippen molar-refractivity contribution in [3.8, 4) is 0 Å². The van der Waals surface area contributed by atoms with Crippen molar-refractivity contribution in [1.82, 2.24) is 0 Å². The van der Waals surface area contributed by atoms with Gasteiger partial charge in [-0.1, -0.05) is 27.7 Å². The Kier molecular flexibility index (Phi) is 2.57. The number of hydrogen-bond acceptors (Lipinski definition) is 2. The van der Waals surface area contributed by atoms with Crippen molar-refractivity contribution in [2.45, 2.75) is 40.2 Å². The first kappa shape index (κ1) is 9.72. The van der Waals surface area contributed by atoms with Gasteiger partial charge < -0.3 is 4.74 Å². The molecule has 1 atom stereocenters. The Morgan fingerprint density at radius 1 is 1.58 bits per heavy atom. The van der Waals surface area contributed by atoms with Gasteiger partial charge in [0.05, 0.1) is 11.5 Å². The van der Waals surface area contributed by atoms with E-state index in [0.717, 1.165) is 6.61 Å². The monoisotopic (exact) mass is 170 g/mol. The van der Waals surface area contributed by atoms with Crippen LogP contribution >= 0.6 is 0 Å². The number of Topliss-reactive ketones (excluding diaryl/α,β-unsaturated/α-hetero) is 1. The molecule has 0 aromatic heterocycles. The molecule has 1 aliphatic carbocycles. The summed E-state index contributed by atoms with van der Waals surface area (Å²) in [6.07, 6.45) is 0.770. The first-order valence-electron chi connectivity index (χ1n) is 4.59. The third-order valence-electron chi connectivity index (χ3n) is 2.53. The van der Waals surface area contributed by atoms with Crippen LogP contribution in [0.25, 0.3) is 0 Å². The molecule has 0 heterocycles. The Morgan fingerprint density at radius 2 is 2.17 bits per heavy atom. The molecule has 2 heteroatoms. The molecule has 0 aromatic rings. The number of carbonyl (C=O) groups excluding carboxylic acids is 1. The van der Waals surface area contributed by atoms with E-state index in [4.69, 9.17) is 4.74 Å². The van der Waals surface area contributed by atoms with E-state index in [1.807, 2.05) is 13.8 Å². The zero-order valence-electron chi connectivity index (χ0n) is 8.39. The molecule has 12 heavy (non-hydrogen) atoms. The van der Waals surface area contributed by atoms with E-state index in [0.29, 0.717) is 18.1 Å². The second kappa shape index (κ2) is 3.17. The maximum Gasteiger partial charge on any atom is 0.143 e. The summed E-state index contributed by atoms with van der Waals surface area (Å²) in [5, 5.41) is 0. The lowest BCUT2D eigenvalue weighted by Crippen LogP contribution is -2.51. The number of hydrogen-bond donors (Lipinski definition) is 0. The van der Waals surface area contributed by atoms with Crippen molar-refractivity contribution in [3.63, 3.8) is 0 Å². The first-order valence-corrected chi connectivity index (χ1v) is 4.59. The third kappa shape index (κ3) is 1.69. The van der Waals surface area contributed by atoms with Crippen molar-refractivity contribution in [2.75, 3.05) is 6.61 Å². The third-order valence-corrected chi connectivity index (χ3v) is 2.53. The summed E-state index contributed by atoms with van der Waals surface area (Å²) in [5.74, 6) is 0.882. The summed E-state index contributed by atoms with van der Waals surface area (Å²) >= 11 is 0. The molecule has 0 radical (unpaired) electrons. The quantitative estimate of drug-likeness (QED) is 0.647. The maximum absolute atomic E-state index is 11.1. The second-order valence-electron chi connectivity index (χ2n) is 4.56. The van der Waals surface area contributed by atoms with Crippen LogP contribution in [0.4, 0.5) is 0 Å². The number of carbonyl (C=O) groups is 1. The lowest BCUT2D eigenvalue weighted by molar-refractivity contribution is -0.159. The first-order chi connectivity index (χ1) is 5.44. The molecule has 1 saturated carbocycles. The zero-order valence-corrected chi connectivity index (χ0v) is 8.39. The van der Waals surface area contributed by atoms with Crippen LogP contribution in [0.15, 0.2) is 0 Å². The highest BCUT2D eigenvalue weighted by Gasteiger charge is 2.48. The minimum Gasteiger partial charge on any atom is -0.376 e. The summed E-state index contributed by atoms with van der Waals surface area (Å²) in [5.41, 5.74) is -0.227. The van der Waals surface area contributed by atoms with Gasteiger partial charge in [-0.3, -0.25) is 4.79 Å². The summed E-state index contributed by atoms with van der Waals surface area (Å²) in [7, 11) is 0. The molecule has 0 bridgehead atoms. The van der Waals surface area contributed by atoms with Gasteiger partial charge in [0.1, 0.15) is 5.78 Å². The van der Waals surface area contributed by atoms with Gasteiger partial charge in [-0.25, -0.2) is 0 Å². The van der Waals surface area contributed by atoms with Crippen LogP contribution in [0.5, 0.6) is 0 Å². The molecule has 0 aromatic carbocycles. The van der Waals surface area contributed by atoms with E-state index < -0.39 is 0 Å². The fourth-order valence-corrected chi connectivity index (χ4v) is 1.31. The average molecular weight is 170 g/mol. The molecule has 1 rings (SSSR count). The van der Waals surface area contributed by atoms with Crippen molar-refractivity contribution in [3.05, 3.63) is 0 Å². The van der Waals surface area contributed by atoms with Gasteiger partial charge in [0.25, 0.3) is 0 Å². The van der Waals surface area contributed by atoms with Crippen LogP contribution < -0.4 is 0 Å². The van der Waals surface area contributed by atoms with Gasteiger partial charge >= 0.3 is 0 Å². The lowest BCUT2D eigenvalue weighted by Gasteiger charge is -2.42. The Morgan fingerprint density at radius 3 is 2.50 bits per heavy atom. The zero-order chi connectivity index (χ0) is 9.35. The van der Waals surface area contributed by atoms with Crippen molar-refractivity contribution in [1.29, 1.82) is 0 Å². The average Bonchev–Trinajstić information content (AvgIpc) is 1.97. The predicted octanol–water partition coefficient (Wildman–Crippen LogP) is 2.03. The lowest BCUT2D eigenvalue weighted by atomic mass is 9.68. The molecule has 0 N–H and O–H groups in total. The number of ketones is 1. The van der Waals surface area contributed by atoms with Crippen LogP contribution in [0.1, 0.15) is 34.1 Å². The number of ether oxygens (including phenoxy) is 1. The van der Waals surface area contributed by atoms with Gasteiger partial charge in [-0.2, -0.15) is 0 Å². The minimum atomic E-state index is -0.227. The highest BCUT2D eigenvalue weighted by atomic mass is 16.5. The SMILES string of the molecule is CC(C)COC1CC(=O)C1(C)C. The molecule has 1 aliphatic rings. The predicted molar refractivity (Wildman–Crippen MR) is 48.0 cm³/mol. The fraction of sp³-hybridized carbons (Fsp3) is 0.900. The van der Waals surface area contributed by atoms with Gasteiger partial charge in [-0.05, 0) is 5.92 Å². The largest absolute Gasteiger partial charge is 0.376 e. The minimum absolute atomic E-state index is 0.160. The van der Waals surface area contributed by atoms with Gasteiger partial charge in [0, 0.05) is 13.0 Å². The summed E-state index contributed by atoms with van der Waals surface area (Å²) in [6.45, 7) is 8.93. The highest BCUT2D eigenvalue weighted by molar-refractivity contribution is 5.91. The molecule has 1 unspecified atom stereocenters. The van der Waals surface area contributed by atoms with Gasteiger partial charge in [0.2, 0.25) is 0 Å². The normalized spacial score (nSPS) is 27.4. The Labute approximate surface area is 74.3 Å². The van der Waals surface area contributed by atoms with E-state index in [-0.39, 0.29) is 11.5 Å². The topological polar surface area (TPSA) is 26.3 Å². The molecule has 0 spiro atoms. The standard InChI is InChI=1S/C10H18O2/c1-7(2)6-12-9-5-8(11)10(9,3)4/h7,9H,5-6H2,1-4H3. The van der Waals surface area contributed by atoms with E-state index in [1.54, 1.807) is 0 Å². The van der Waals surface area contributed by atoms with E-state index >= 15 is 0 Å². The molecule has 2 nitrogen and oxygen atoms in total. The summed E-state index contributed by atoms with van der Waals surface area (Å²) < 4.78 is 5.60. The molecule has 0 amide bonds. The van der Waals surface area contributed by atoms with Gasteiger partial charge in [-0.15, -0.1) is 0 Å². The van der Waals surface area contributed by atoms with Crippen LogP contribution in [0.2, 0.25) is 0 Å². The summed E-state index contributed by atoms with van der Waals surface area (Å²) in [4.78, 5) is 11.1. The van der Waals surface area contributed by atoms with E-state index in [2.05, 4.69) is 13.8 Å². The summed E-state index contributed by atoms with van der Waals surface area (Å²) in [6, 6.07) is 0. The Hall–Kier alpha value is -0.370. The van der Waals surface area contributed by atoms with Crippen LogP contribution in [-0.2, 0) is 9.53 Å². The smallest absolute Gasteiger partial charge is 0.143 e. The molecular formula is C10H18O2. The fourth-order valence-electron chi connectivity index (χ4n) is 1.31. The van der Waals surface area contributed by atoms with E-state index in [9.17, 15) is 4.79 Å². The van der Waals surface area contributed by atoms with Crippen molar-refractivity contribution >= 4 is 5.78 Å². The van der Waals surface area contributed by atoms with Crippen molar-refractivity contribution < 1.29 is 9.53 Å². The number of rotatable bonds is 3. The molecule has 0 saturated heterocycles. The van der Waals surface area contributed by atoms with Gasteiger partial charge in [0.15, 0.2) is 0 Å².